The van der Waals surface area contributed by atoms with Gasteiger partial charge in [-0.3, -0.25) is 9.59 Å². The Bertz CT molecular complexity index is 657. The van der Waals surface area contributed by atoms with Crippen molar-refractivity contribution in [1.29, 1.82) is 0 Å². The van der Waals surface area contributed by atoms with Crippen LogP contribution in [0.2, 0.25) is 0 Å². The third-order valence-corrected chi connectivity index (χ3v) is 2.35. The summed E-state index contributed by atoms with van der Waals surface area (Å²) < 4.78 is 0. The quantitative estimate of drug-likeness (QED) is 0.486. The van der Waals surface area contributed by atoms with Gasteiger partial charge in [-0.15, -0.1) is 0 Å². The van der Waals surface area contributed by atoms with E-state index in [4.69, 9.17) is 19.8 Å². The molecule has 0 saturated heterocycles. The van der Waals surface area contributed by atoms with Gasteiger partial charge in [-0.25, -0.2) is 9.59 Å². The number of Topliss-reactive ketones (excluding diaryl/α,β-unsaturated/α-hetero) is 1. The number of carbonyl (C=O) groups is 4. The lowest BCUT2D eigenvalue weighted by molar-refractivity contribution is -0.159. The number of ketones is 1. The van der Waals surface area contributed by atoms with Gasteiger partial charge < -0.3 is 10.2 Å². The summed E-state index contributed by atoms with van der Waals surface area (Å²) in [5, 5.41) is 16.6. The van der Waals surface area contributed by atoms with Gasteiger partial charge in [-0.2, -0.15) is 0 Å². The molecule has 0 amide bonds. The minimum atomic E-state index is -1.82. The van der Waals surface area contributed by atoms with Gasteiger partial charge in [0.1, 0.15) is 0 Å². The topological polar surface area (TPSA) is 109 Å². The normalized spacial score (nSPS) is 9.20. The van der Waals surface area contributed by atoms with Crippen molar-refractivity contribution in [1.82, 2.24) is 0 Å². The highest BCUT2D eigenvalue weighted by molar-refractivity contribution is 6.36. The lowest BCUT2D eigenvalue weighted by Crippen LogP contribution is -2.09. The maximum Gasteiger partial charge on any atom is 0.414 e. The van der Waals surface area contributed by atoms with E-state index in [9.17, 15) is 9.59 Å². The zero-order chi connectivity index (χ0) is 15.1. The average Bonchev–Trinajstić information content (AvgIpc) is 2.46. The van der Waals surface area contributed by atoms with Crippen molar-refractivity contribution < 1.29 is 29.4 Å². The summed E-state index contributed by atoms with van der Waals surface area (Å²) in [6.07, 6.45) is 0.349. The molecule has 0 aromatic heterocycles. The Morgan fingerprint density at radius 3 is 1.95 bits per heavy atom. The minimum absolute atomic E-state index is 0.349. The molecule has 0 aliphatic carbocycles. The molecule has 2 N–H and O–H groups in total. The first-order valence-electron chi connectivity index (χ1n) is 5.41. The molecule has 2 aromatic rings. The molecule has 0 aliphatic heterocycles. The van der Waals surface area contributed by atoms with Gasteiger partial charge in [0.05, 0.1) is 0 Å². The van der Waals surface area contributed by atoms with Crippen molar-refractivity contribution in [3.8, 4) is 0 Å². The van der Waals surface area contributed by atoms with Crippen LogP contribution in [0, 0.1) is 0 Å². The fourth-order valence-electron chi connectivity index (χ4n) is 1.50. The standard InChI is InChI=1S/C12H8O2.C2H2O4/c13-8-12(14)11-7-3-5-9-4-1-2-6-10(9)11;3-1(4)2(5)6/h1-8H;(H,3,4)(H,5,6). The van der Waals surface area contributed by atoms with Crippen LogP contribution in [0.1, 0.15) is 10.4 Å². The van der Waals surface area contributed by atoms with Crippen LogP contribution >= 0.6 is 0 Å². The molecular weight excluding hydrogens is 264 g/mol. The van der Waals surface area contributed by atoms with Crippen molar-refractivity contribution in [2.75, 3.05) is 0 Å². The van der Waals surface area contributed by atoms with E-state index in [-0.39, 0.29) is 0 Å². The molecule has 0 atom stereocenters. The number of carboxylic acid groups (broad SMARTS) is 2. The highest BCUT2D eigenvalue weighted by Crippen LogP contribution is 2.18. The molecule has 20 heavy (non-hydrogen) atoms. The van der Waals surface area contributed by atoms with Gasteiger partial charge in [0.25, 0.3) is 0 Å². The Labute approximate surface area is 113 Å². The van der Waals surface area contributed by atoms with Crippen molar-refractivity contribution in [3.63, 3.8) is 0 Å². The van der Waals surface area contributed by atoms with Gasteiger partial charge in [-0.05, 0) is 10.8 Å². The number of hydrogen-bond donors (Lipinski definition) is 2. The van der Waals surface area contributed by atoms with E-state index in [1.165, 1.54) is 0 Å². The van der Waals surface area contributed by atoms with Crippen molar-refractivity contribution in [2.45, 2.75) is 0 Å². The monoisotopic (exact) mass is 274 g/mol. The molecule has 0 fully saturated rings. The van der Waals surface area contributed by atoms with Gasteiger partial charge >= 0.3 is 11.9 Å². The molecule has 102 valence electrons. The Hall–Kier alpha value is -3.02. The molecule has 2 rings (SSSR count). The highest BCUT2D eigenvalue weighted by Gasteiger charge is 2.07. The summed E-state index contributed by atoms with van der Waals surface area (Å²) in [7, 11) is 0. The largest absolute Gasteiger partial charge is 0.473 e. The van der Waals surface area contributed by atoms with Crippen molar-refractivity contribution in [3.05, 3.63) is 48.0 Å². The Balaban J connectivity index is 0.000000286. The molecule has 0 saturated carbocycles. The number of rotatable bonds is 2. The van der Waals surface area contributed by atoms with Gasteiger partial charge in [-0.1, -0.05) is 42.5 Å². The minimum Gasteiger partial charge on any atom is -0.473 e. The van der Waals surface area contributed by atoms with Gasteiger partial charge in [0.15, 0.2) is 6.29 Å². The second-order valence-electron chi connectivity index (χ2n) is 3.62. The number of carbonyl (C=O) groups excluding carboxylic acids is 2. The van der Waals surface area contributed by atoms with Gasteiger partial charge in [0, 0.05) is 5.56 Å². The second kappa shape index (κ2) is 6.79. The zero-order valence-corrected chi connectivity index (χ0v) is 10.1. The Morgan fingerprint density at radius 2 is 1.40 bits per heavy atom. The highest BCUT2D eigenvalue weighted by atomic mass is 16.4. The van der Waals surface area contributed by atoms with E-state index in [1.54, 1.807) is 12.1 Å². The molecule has 0 radical (unpaired) electrons. The molecular formula is C14H10O6. The number of carboxylic acids is 2. The first-order chi connectivity index (χ1) is 9.47. The van der Waals surface area contributed by atoms with E-state index in [0.717, 1.165) is 10.8 Å². The summed E-state index contributed by atoms with van der Waals surface area (Å²) in [6.45, 7) is 0. The molecule has 0 aliphatic rings. The summed E-state index contributed by atoms with van der Waals surface area (Å²) in [5.74, 6) is -4.12. The predicted octanol–water partition coefficient (Wildman–Crippen LogP) is 1.38. The van der Waals surface area contributed by atoms with E-state index in [1.807, 2.05) is 30.3 Å². The average molecular weight is 274 g/mol. The lowest BCUT2D eigenvalue weighted by atomic mass is 10.0. The first-order valence-corrected chi connectivity index (χ1v) is 5.41. The number of fused-ring (bicyclic) bond motifs is 1. The third kappa shape index (κ3) is 3.74. The predicted molar refractivity (Wildman–Crippen MR) is 69.6 cm³/mol. The van der Waals surface area contributed by atoms with Crippen LogP contribution in [0.15, 0.2) is 42.5 Å². The maximum atomic E-state index is 11.3. The van der Waals surface area contributed by atoms with E-state index in [0.29, 0.717) is 11.8 Å². The van der Waals surface area contributed by atoms with Crippen molar-refractivity contribution in [2.24, 2.45) is 0 Å². The van der Waals surface area contributed by atoms with Crippen molar-refractivity contribution >= 4 is 34.8 Å². The van der Waals surface area contributed by atoms with Crippen LogP contribution < -0.4 is 0 Å². The van der Waals surface area contributed by atoms with E-state index >= 15 is 0 Å². The van der Waals surface area contributed by atoms with Crippen LogP contribution in [-0.4, -0.2) is 34.2 Å². The molecule has 6 nitrogen and oxygen atoms in total. The van der Waals surface area contributed by atoms with E-state index in [2.05, 4.69) is 0 Å². The third-order valence-electron chi connectivity index (χ3n) is 2.35. The summed E-state index contributed by atoms with van der Waals surface area (Å²) in [4.78, 5) is 39.9. The first kappa shape index (κ1) is 15.0. The SMILES string of the molecule is O=C(O)C(=O)O.O=CC(=O)c1cccc2ccccc12. The van der Waals surface area contributed by atoms with E-state index < -0.39 is 17.7 Å². The summed E-state index contributed by atoms with van der Waals surface area (Å²) in [5.41, 5.74) is 0.470. The fourth-order valence-corrected chi connectivity index (χ4v) is 1.50. The van der Waals surface area contributed by atoms with Crippen LogP contribution in [0.4, 0.5) is 0 Å². The van der Waals surface area contributed by atoms with Gasteiger partial charge in [0.2, 0.25) is 5.78 Å². The number of hydrogen-bond acceptors (Lipinski definition) is 4. The fraction of sp³-hybridized carbons (Fsp3) is 0. The Kier molecular flexibility index (Phi) is 5.11. The maximum absolute atomic E-state index is 11.3. The molecule has 0 spiro atoms. The van der Waals surface area contributed by atoms with Crippen LogP contribution in [0.25, 0.3) is 10.8 Å². The summed E-state index contributed by atoms with van der Waals surface area (Å²) >= 11 is 0. The molecule has 0 bridgehead atoms. The van der Waals surface area contributed by atoms with Crippen LogP contribution in [0.5, 0.6) is 0 Å². The number of aldehydes is 1. The lowest BCUT2D eigenvalue weighted by Gasteiger charge is -2.00. The number of benzene rings is 2. The zero-order valence-electron chi connectivity index (χ0n) is 10.1. The molecule has 0 unspecified atom stereocenters. The summed E-state index contributed by atoms with van der Waals surface area (Å²) in [6, 6.07) is 12.9. The second-order valence-corrected chi connectivity index (χ2v) is 3.62. The molecule has 2 aromatic carbocycles. The Morgan fingerprint density at radius 1 is 0.850 bits per heavy atom. The van der Waals surface area contributed by atoms with Crippen LogP contribution in [0.3, 0.4) is 0 Å². The molecule has 0 heterocycles. The smallest absolute Gasteiger partial charge is 0.414 e. The van der Waals surface area contributed by atoms with Crippen LogP contribution in [-0.2, 0) is 14.4 Å². The number of aliphatic carboxylic acids is 2. The molecule has 6 heteroatoms.